The first-order chi connectivity index (χ1) is 10.4. The van der Waals surface area contributed by atoms with Gasteiger partial charge in [0.15, 0.2) is 0 Å². The Labute approximate surface area is 133 Å². The summed E-state index contributed by atoms with van der Waals surface area (Å²) in [7, 11) is -3.61. The third-order valence-electron chi connectivity index (χ3n) is 3.36. The van der Waals surface area contributed by atoms with E-state index in [2.05, 4.69) is 10.6 Å². The van der Waals surface area contributed by atoms with E-state index in [1.165, 1.54) is 11.2 Å². The summed E-state index contributed by atoms with van der Waals surface area (Å²) in [4.78, 5) is 22.9. The van der Waals surface area contributed by atoms with Gasteiger partial charge in [-0.3, -0.25) is 9.59 Å². The molecular weight excluding hydrogens is 326 g/mol. The van der Waals surface area contributed by atoms with E-state index in [4.69, 9.17) is 0 Å². The first kappa shape index (κ1) is 16.9. The number of rotatable bonds is 6. The van der Waals surface area contributed by atoms with Gasteiger partial charge >= 0.3 is 0 Å². The quantitative estimate of drug-likeness (QED) is 0.718. The van der Waals surface area contributed by atoms with Gasteiger partial charge in [-0.25, -0.2) is 8.42 Å². The molecule has 0 spiro atoms. The SMILES string of the molecule is CC(=O)NCCNC(=O)C1CCCN1S(=O)(=O)c1cccs1. The van der Waals surface area contributed by atoms with E-state index >= 15 is 0 Å². The number of hydrogen-bond acceptors (Lipinski definition) is 5. The van der Waals surface area contributed by atoms with Crippen molar-refractivity contribution >= 4 is 33.2 Å². The van der Waals surface area contributed by atoms with Gasteiger partial charge in [0, 0.05) is 26.6 Å². The molecular formula is C13H19N3O4S2. The highest BCUT2D eigenvalue weighted by Gasteiger charge is 2.39. The average Bonchev–Trinajstić information content (AvgIpc) is 3.12. The molecule has 0 bridgehead atoms. The molecule has 0 aliphatic carbocycles. The lowest BCUT2D eigenvalue weighted by atomic mass is 10.2. The number of thiophene rings is 1. The Kier molecular flexibility index (Phi) is 5.54. The molecule has 122 valence electrons. The van der Waals surface area contributed by atoms with Gasteiger partial charge in [-0.2, -0.15) is 4.31 Å². The van der Waals surface area contributed by atoms with Crippen molar-refractivity contribution in [3.63, 3.8) is 0 Å². The maximum absolute atomic E-state index is 12.5. The van der Waals surface area contributed by atoms with Crippen molar-refractivity contribution in [2.45, 2.75) is 30.0 Å². The van der Waals surface area contributed by atoms with Gasteiger partial charge in [0.1, 0.15) is 10.3 Å². The molecule has 22 heavy (non-hydrogen) atoms. The molecule has 2 N–H and O–H groups in total. The lowest BCUT2D eigenvalue weighted by Crippen LogP contribution is -2.47. The van der Waals surface area contributed by atoms with Crippen molar-refractivity contribution in [1.82, 2.24) is 14.9 Å². The molecule has 1 aromatic heterocycles. The smallest absolute Gasteiger partial charge is 0.253 e. The summed E-state index contributed by atoms with van der Waals surface area (Å²) in [6, 6.07) is 2.55. The second-order valence-corrected chi connectivity index (χ2v) is 8.04. The molecule has 9 heteroatoms. The maximum atomic E-state index is 12.5. The van der Waals surface area contributed by atoms with E-state index in [0.29, 0.717) is 25.9 Å². The van der Waals surface area contributed by atoms with E-state index in [1.54, 1.807) is 17.5 Å². The normalized spacial score (nSPS) is 19.0. The van der Waals surface area contributed by atoms with Crippen LogP contribution in [0.25, 0.3) is 0 Å². The number of nitrogens with zero attached hydrogens (tertiary/aromatic N) is 1. The molecule has 1 fully saturated rings. The van der Waals surface area contributed by atoms with Gasteiger partial charge in [-0.1, -0.05) is 6.07 Å². The van der Waals surface area contributed by atoms with Crippen LogP contribution in [0.4, 0.5) is 0 Å². The summed E-state index contributed by atoms with van der Waals surface area (Å²) in [5.74, 6) is -0.486. The molecule has 7 nitrogen and oxygen atoms in total. The van der Waals surface area contributed by atoms with Crippen LogP contribution in [0, 0.1) is 0 Å². The van der Waals surface area contributed by atoms with Crippen molar-refractivity contribution < 1.29 is 18.0 Å². The lowest BCUT2D eigenvalue weighted by Gasteiger charge is -2.22. The molecule has 1 aliphatic heterocycles. The maximum Gasteiger partial charge on any atom is 0.253 e. The second-order valence-electron chi connectivity index (χ2n) is 4.98. The second kappa shape index (κ2) is 7.21. The van der Waals surface area contributed by atoms with Crippen LogP contribution >= 0.6 is 11.3 Å². The average molecular weight is 345 g/mol. The number of sulfonamides is 1. The summed E-state index contributed by atoms with van der Waals surface area (Å²) >= 11 is 1.15. The lowest BCUT2D eigenvalue weighted by molar-refractivity contribution is -0.124. The van der Waals surface area contributed by atoms with Crippen LogP contribution in [0.3, 0.4) is 0 Å². The Hall–Kier alpha value is -1.45. The first-order valence-electron chi connectivity index (χ1n) is 7.00. The summed E-state index contributed by atoms with van der Waals surface area (Å²) in [6.07, 6.45) is 1.17. The van der Waals surface area contributed by atoms with E-state index in [-0.39, 0.29) is 22.6 Å². The number of carbonyl (C=O) groups excluding carboxylic acids is 2. The number of hydrogen-bond donors (Lipinski definition) is 2. The predicted molar refractivity (Wildman–Crippen MR) is 82.9 cm³/mol. The largest absolute Gasteiger partial charge is 0.355 e. The fraction of sp³-hybridized carbons (Fsp3) is 0.538. The molecule has 2 amide bonds. The van der Waals surface area contributed by atoms with E-state index in [0.717, 1.165) is 11.3 Å². The zero-order chi connectivity index (χ0) is 16.2. The van der Waals surface area contributed by atoms with E-state index in [9.17, 15) is 18.0 Å². The molecule has 2 rings (SSSR count). The Morgan fingerprint density at radius 1 is 1.36 bits per heavy atom. The van der Waals surface area contributed by atoms with Crippen LogP contribution in [-0.4, -0.2) is 50.2 Å². The minimum Gasteiger partial charge on any atom is -0.355 e. The molecule has 0 aromatic carbocycles. The topological polar surface area (TPSA) is 95.6 Å². The van der Waals surface area contributed by atoms with Gasteiger partial charge in [-0.15, -0.1) is 11.3 Å². The summed E-state index contributed by atoms with van der Waals surface area (Å²) in [5.41, 5.74) is 0. The highest BCUT2D eigenvalue weighted by atomic mass is 32.2. The minimum absolute atomic E-state index is 0.169. The highest BCUT2D eigenvalue weighted by Crippen LogP contribution is 2.28. The third kappa shape index (κ3) is 3.84. The van der Waals surface area contributed by atoms with Crippen molar-refractivity contribution in [1.29, 1.82) is 0 Å². The monoisotopic (exact) mass is 345 g/mol. The van der Waals surface area contributed by atoms with E-state index < -0.39 is 16.1 Å². The van der Waals surface area contributed by atoms with Gasteiger partial charge < -0.3 is 10.6 Å². The van der Waals surface area contributed by atoms with Crippen molar-refractivity contribution in [3.05, 3.63) is 17.5 Å². The minimum atomic E-state index is -3.61. The molecule has 1 aliphatic rings. The van der Waals surface area contributed by atoms with Crippen LogP contribution in [0.5, 0.6) is 0 Å². The van der Waals surface area contributed by atoms with Crippen molar-refractivity contribution in [3.8, 4) is 0 Å². The Morgan fingerprint density at radius 2 is 2.09 bits per heavy atom. The third-order valence-corrected chi connectivity index (χ3v) is 6.64. The molecule has 1 atom stereocenters. The number of nitrogens with one attached hydrogen (secondary N) is 2. The predicted octanol–water partition coefficient (Wildman–Crippen LogP) is 0.153. The van der Waals surface area contributed by atoms with Gasteiger partial charge in [0.2, 0.25) is 11.8 Å². The van der Waals surface area contributed by atoms with Gasteiger partial charge in [0.05, 0.1) is 0 Å². The molecule has 1 unspecified atom stereocenters. The fourth-order valence-corrected chi connectivity index (χ4v) is 5.13. The Morgan fingerprint density at radius 3 is 2.73 bits per heavy atom. The molecule has 1 saturated heterocycles. The Bertz CT molecular complexity index is 628. The van der Waals surface area contributed by atoms with Crippen molar-refractivity contribution in [2.75, 3.05) is 19.6 Å². The first-order valence-corrected chi connectivity index (χ1v) is 9.32. The van der Waals surface area contributed by atoms with Crippen LogP contribution in [-0.2, 0) is 19.6 Å². The van der Waals surface area contributed by atoms with Gasteiger partial charge in [-0.05, 0) is 24.3 Å². The molecule has 1 aromatic rings. The molecule has 0 radical (unpaired) electrons. The zero-order valence-corrected chi connectivity index (χ0v) is 13.9. The van der Waals surface area contributed by atoms with Crippen LogP contribution in [0.15, 0.2) is 21.7 Å². The number of carbonyl (C=O) groups is 2. The highest BCUT2D eigenvalue weighted by molar-refractivity contribution is 7.91. The zero-order valence-electron chi connectivity index (χ0n) is 12.2. The van der Waals surface area contributed by atoms with Crippen LogP contribution in [0.1, 0.15) is 19.8 Å². The summed E-state index contributed by atoms with van der Waals surface area (Å²) in [6.45, 7) is 2.35. The summed E-state index contributed by atoms with van der Waals surface area (Å²) < 4.78 is 26.6. The molecule has 2 heterocycles. The molecule has 0 saturated carbocycles. The van der Waals surface area contributed by atoms with Crippen molar-refractivity contribution in [2.24, 2.45) is 0 Å². The summed E-state index contributed by atoms with van der Waals surface area (Å²) in [5, 5.41) is 6.94. The number of amides is 2. The Balaban J connectivity index is 1.98. The van der Waals surface area contributed by atoms with E-state index in [1.807, 2.05) is 0 Å². The standard InChI is InChI=1S/C13H19N3O4S2/c1-10(17)14-6-7-15-13(18)11-4-2-8-16(11)22(19,20)12-5-3-9-21-12/h3,5,9,11H,2,4,6-8H2,1H3,(H,14,17)(H,15,18). The van der Waals surface area contributed by atoms with Crippen LogP contribution in [0.2, 0.25) is 0 Å². The van der Waals surface area contributed by atoms with Crippen LogP contribution < -0.4 is 10.6 Å². The van der Waals surface area contributed by atoms with Gasteiger partial charge in [0.25, 0.3) is 10.0 Å². The fourth-order valence-electron chi connectivity index (χ4n) is 2.36.